The highest BCUT2D eigenvalue weighted by Gasteiger charge is 2.45. The Morgan fingerprint density at radius 1 is 1.33 bits per heavy atom. The fraction of sp³-hybridized carbons (Fsp3) is 0.647. The molecule has 2 aliphatic rings. The summed E-state index contributed by atoms with van der Waals surface area (Å²) in [5.74, 6) is 1.55. The highest BCUT2D eigenvalue weighted by atomic mass is 79.9. The van der Waals surface area contributed by atoms with Gasteiger partial charge in [0.15, 0.2) is 0 Å². The number of halogens is 1. The van der Waals surface area contributed by atoms with Crippen LogP contribution in [0.3, 0.4) is 0 Å². The number of hydrogen-bond acceptors (Lipinski definition) is 3. The number of ether oxygens (including phenoxy) is 2. The normalized spacial score (nSPS) is 32.0. The minimum atomic E-state index is -0.0817. The number of nitrogens with one attached hydrogen (secondary N) is 1. The molecule has 0 bridgehead atoms. The van der Waals surface area contributed by atoms with Gasteiger partial charge in [0.2, 0.25) is 0 Å². The summed E-state index contributed by atoms with van der Waals surface area (Å²) in [6.45, 7) is 5.26. The van der Waals surface area contributed by atoms with Gasteiger partial charge in [-0.2, -0.15) is 0 Å². The third kappa shape index (κ3) is 2.99. The first kappa shape index (κ1) is 15.3. The molecule has 3 atom stereocenters. The third-order valence-corrected chi connectivity index (χ3v) is 5.30. The van der Waals surface area contributed by atoms with E-state index in [9.17, 15) is 0 Å². The molecule has 3 nitrogen and oxygen atoms in total. The Morgan fingerprint density at radius 2 is 2.14 bits per heavy atom. The van der Waals surface area contributed by atoms with Crippen molar-refractivity contribution in [3.05, 3.63) is 28.2 Å². The van der Waals surface area contributed by atoms with Crippen LogP contribution in [0.1, 0.15) is 44.7 Å². The van der Waals surface area contributed by atoms with Crippen LogP contribution in [0.2, 0.25) is 0 Å². The van der Waals surface area contributed by atoms with Crippen LogP contribution >= 0.6 is 15.9 Å². The van der Waals surface area contributed by atoms with Crippen LogP contribution < -0.4 is 10.1 Å². The fourth-order valence-electron chi connectivity index (χ4n) is 3.53. The topological polar surface area (TPSA) is 30.5 Å². The summed E-state index contributed by atoms with van der Waals surface area (Å²) in [5, 5.41) is 3.46. The van der Waals surface area contributed by atoms with E-state index in [-0.39, 0.29) is 5.60 Å². The highest BCUT2D eigenvalue weighted by Crippen LogP contribution is 2.46. The average Bonchev–Trinajstić information content (AvgIpc) is 2.47. The van der Waals surface area contributed by atoms with Gasteiger partial charge >= 0.3 is 0 Å². The van der Waals surface area contributed by atoms with E-state index >= 15 is 0 Å². The molecule has 0 aromatic heterocycles. The van der Waals surface area contributed by atoms with Crippen LogP contribution in [-0.4, -0.2) is 25.4 Å². The first-order chi connectivity index (χ1) is 10.0. The molecule has 0 radical (unpaired) electrons. The van der Waals surface area contributed by atoms with Gasteiger partial charge in [0.25, 0.3) is 0 Å². The van der Waals surface area contributed by atoms with Crippen molar-refractivity contribution in [3.63, 3.8) is 0 Å². The lowest BCUT2D eigenvalue weighted by molar-refractivity contribution is -0.116. The first-order valence-electron chi connectivity index (χ1n) is 7.80. The Morgan fingerprint density at radius 3 is 2.86 bits per heavy atom. The van der Waals surface area contributed by atoms with Crippen molar-refractivity contribution in [3.8, 4) is 5.75 Å². The molecule has 1 fully saturated rings. The molecule has 4 heteroatoms. The lowest BCUT2D eigenvalue weighted by atomic mass is 9.78. The Hall–Kier alpha value is -0.580. The molecule has 0 aliphatic carbocycles. The lowest BCUT2D eigenvalue weighted by Gasteiger charge is -2.47. The van der Waals surface area contributed by atoms with Crippen LogP contribution in [0.25, 0.3) is 0 Å². The number of fused-ring (bicyclic) bond motifs is 1. The van der Waals surface area contributed by atoms with Crippen LogP contribution in [0.5, 0.6) is 5.75 Å². The Labute approximate surface area is 135 Å². The molecule has 0 amide bonds. The molecular weight excluding hydrogens is 330 g/mol. The first-order valence-corrected chi connectivity index (χ1v) is 8.60. The van der Waals surface area contributed by atoms with Crippen molar-refractivity contribution in [1.29, 1.82) is 0 Å². The summed E-state index contributed by atoms with van der Waals surface area (Å²) < 4.78 is 13.5. The van der Waals surface area contributed by atoms with E-state index in [1.165, 1.54) is 5.56 Å². The van der Waals surface area contributed by atoms with E-state index in [1.807, 2.05) is 7.05 Å². The molecule has 1 aromatic rings. The van der Waals surface area contributed by atoms with Gasteiger partial charge < -0.3 is 14.8 Å². The largest absolute Gasteiger partial charge is 0.487 e. The van der Waals surface area contributed by atoms with E-state index in [0.717, 1.165) is 36.1 Å². The molecule has 3 rings (SSSR count). The van der Waals surface area contributed by atoms with Crippen molar-refractivity contribution in [2.45, 2.75) is 50.9 Å². The summed E-state index contributed by atoms with van der Waals surface area (Å²) in [4.78, 5) is 0. The maximum atomic E-state index is 6.49. The minimum Gasteiger partial charge on any atom is -0.487 e. The molecule has 116 valence electrons. The van der Waals surface area contributed by atoms with E-state index in [0.29, 0.717) is 18.1 Å². The Kier molecular flexibility index (Phi) is 4.30. The number of benzene rings is 1. The SMILES string of the molecule is CNC1CC2(CCOC(C(C)C)C2)Oc2ccc(Br)cc21. The van der Waals surface area contributed by atoms with Crippen LogP contribution in [0.15, 0.2) is 22.7 Å². The quantitative estimate of drug-likeness (QED) is 0.869. The lowest BCUT2D eigenvalue weighted by Crippen LogP contribution is -2.51. The average molecular weight is 354 g/mol. The summed E-state index contributed by atoms with van der Waals surface area (Å²) >= 11 is 3.56. The van der Waals surface area contributed by atoms with E-state index in [1.54, 1.807) is 0 Å². The van der Waals surface area contributed by atoms with Crippen LogP contribution in [0, 0.1) is 5.92 Å². The molecule has 2 heterocycles. The van der Waals surface area contributed by atoms with Crippen molar-refractivity contribution >= 4 is 15.9 Å². The van der Waals surface area contributed by atoms with Gasteiger partial charge in [-0.3, -0.25) is 0 Å². The molecule has 2 aliphatic heterocycles. The second kappa shape index (κ2) is 5.90. The molecule has 21 heavy (non-hydrogen) atoms. The predicted molar refractivity (Wildman–Crippen MR) is 87.7 cm³/mol. The predicted octanol–water partition coefficient (Wildman–Crippen LogP) is 4.07. The standard InChI is InChI=1S/C17H24BrNO2/c1-11(2)16-10-17(6-7-20-16)9-14(19-3)13-8-12(18)4-5-15(13)21-17/h4-5,8,11,14,16,19H,6-7,9-10H2,1-3H3. The van der Waals surface area contributed by atoms with Crippen molar-refractivity contribution < 1.29 is 9.47 Å². The van der Waals surface area contributed by atoms with E-state index < -0.39 is 0 Å². The zero-order chi connectivity index (χ0) is 15.0. The molecule has 1 spiro atoms. The van der Waals surface area contributed by atoms with Gasteiger partial charge in [-0.25, -0.2) is 0 Å². The maximum Gasteiger partial charge on any atom is 0.125 e. The zero-order valence-corrected chi connectivity index (χ0v) is 14.6. The van der Waals surface area contributed by atoms with Crippen molar-refractivity contribution in [2.75, 3.05) is 13.7 Å². The van der Waals surface area contributed by atoms with Crippen LogP contribution in [-0.2, 0) is 4.74 Å². The zero-order valence-electron chi connectivity index (χ0n) is 13.0. The second-order valence-electron chi connectivity index (χ2n) is 6.62. The van der Waals surface area contributed by atoms with E-state index in [2.05, 4.69) is 53.3 Å². The highest BCUT2D eigenvalue weighted by molar-refractivity contribution is 9.10. The van der Waals surface area contributed by atoms with Gasteiger partial charge in [0.05, 0.1) is 12.7 Å². The molecule has 1 saturated heterocycles. The number of hydrogen-bond donors (Lipinski definition) is 1. The van der Waals surface area contributed by atoms with Gasteiger partial charge in [-0.15, -0.1) is 0 Å². The van der Waals surface area contributed by atoms with E-state index in [4.69, 9.17) is 9.47 Å². The fourth-order valence-corrected chi connectivity index (χ4v) is 3.91. The van der Waals surface area contributed by atoms with Crippen LogP contribution in [0.4, 0.5) is 0 Å². The molecule has 0 saturated carbocycles. The molecular formula is C17H24BrNO2. The third-order valence-electron chi connectivity index (χ3n) is 4.80. The molecule has 1 N–H and O–H groups in total. The van der Waals surface area contributed by atoms with Gasteiger partial charge in [0, 0.05) is 35.3 Å². The smallest absolute Gasteiger partial charge is 0.125 e. The summed E-state index contributed by atoms with van der Waals surface area (Å²) in [7, 11) is 2.04. The van der Waals surface area contributed by atoms with Gasteiger partial charge in [-0.05, 0) is 31.2 Å². The summed E-state index contributed by atoms with van der Waals surface area (Å²) in [6, 6.07) is 6.66. The summed E-state index contributed by atoms with van der Waals surface area (Å²) in [6.07, 6.45) is 3.27. The summed E-state index contributed by atoms with van der Waals surface area (Å²) in [5.41, 5.74) is 1.17. The minimum absolute atomic E-state index is 0.0817. The Bertz CT molecular complexity index is 520. The number of rotatable bonds is 2. The molecule has 1 aromatic carbocycles. The Balaban J connectivity index is 1.91. The van der Waals surface area contributed by atoms with Crippen molar-refractivity contribution in [2.24, 2.45) is 5.92 Å². The van der Waals surface area contributed by atoms with Gasteiger partial charge in [-0.1, -0.05) is 29.8 Å². The monoisotopic (exact) mass is 353 g/mol. The maximum absolute atomic E-state index is 6.49. The van der Waals surface area contributed by atoms with Gasteiger partial charge in [0.1, 0.15) is 11.4 Å². The van der Waals surface area contributed by atoms with Crippen molar-refractivity contribution in [1.82, 2.24) is 5.32 Å². The second-order valence-corrected chi connectivity index (χ2v) is 7.54. The molecule has 3 unspecified atom stereocenters.